The molecule has 0 aliphatic carbocycles. The lowest BCUT2D eigenvalue weighted by Gasteiger charge is -2.03. The molecule has 0 unspecified atom stereocenters. The topological polar surface area (TPSA) is 47.8 Å². The fourth-order valence-electron chi connectivity index (χ4n) is 1.74. The molecule has 0 saturated carbocycles. The number of hydrogen-bond donors (Lipinski definition) is 0. The SMILES string of the molecule is O=c1cc(Cl)sn1Cc1cccc(-c2csnn2)c1. The number of rotatable bonds is 3. The predicted molar refractivity (Wildman–Crippen MR) is 78.0 cm³/mol. The van der Waals surface area contributed by atoms with Crippen LogP contribution in [0.1, 0.15) is 5.56 Å². The van der Waals surface area contributed by atoms with Crippen molar-refractivity contribution in [2.45, 2.75) is 6.54 Å². The number of aromatic nitrogens is 3. The van der Waals surface area contributed by atoms with Crippen LogP contribution in [0, 0.1) is 0 Å². The molecule has 0 radical (unpaired) electrons. The van der Waals surface area contributed by atoms with E-state index >= 15 is 0 Å². The van der Waals surface area contributed by atoms with Gasteiger partial charge in [0.15, 0.2) is 0 Å². The second-order valence-corrected chi connectivity index (χ2v) is 6.21. The third kappa shape index (κ3) is 2.75. The van der Waals surface area contributed by atoms with E-state index in [4.69, 9.17) is 11.6 Å². The van der Waals surface area contributed by atoms with Crippen molar-refractivity contribution in [3.05, 3.63) is 56.0 Å². The van der Waals surface area contributed by atoms with Crippen LogP contribution in [0.2, 0.25) is 4.34 Å². The van der Waals surface area contributed by atoms with Crippen LogP contribution in [-0.2, 0) is 6.54 Å². The van der Waals surface area contributed by atoms with Gasteiger partial charge in [-0.05, 0) is 34.7 Å². The van der Waals surface area contributed by atoms with Crippen molar-refractivity contribution < 1.29 is 0 Å². The summed E-state index contributed by atoms with van der Waals surface area (Å²) < 4.78 is 5.98. The monoisotopic (exact) mass is 309 g/mol. The van der Waals surface area contributed by atoms with Gasteiger partial charge in [0.25, 0.3) is 5.56 Å². The number of benzene rings is 1. The van der Waals surface area contributed by atoms with E-state index in [-0.39, 0.29) is 5.56 Å². The van der Waals surface area contributed by atoms with Crippen LogP contribution in [0.4, 0.5) is 0 Å². The minimum absolute atomic E-state index is 0.0734. The highest BCUT2D eigenvalue weighted by molar-refractivity contribution is 7.11. The van der Waals surface area contributed by atoms with Crippen LogP contribution in [-0.4, -0.2) is 13.5 Å². The van der Waals surface area contributed by atoms with Crippen molar-refractivity contribution in [3.8, 4) is 11.3 Å². The number of hydrogen-bond acceptors (Lipinski definition) is 5. The molecule has 0 bridgehead atoms. The minimum atomic E-state index is -0.0734. The van der Waals surface area contributed by atoms with Gasteiger partial charge >= 0.3 is 0 Å². The minimum Gasteiger partial charge on any atom is -0.268 e. The molecule has 0 spiro atoms. The Morgan fingerprint density at radius 2 is 2.21 bits per heavy atom. The summed E-state index contributed by atoms with van der Waals surface area (Å²) >= 11 is 8.40. The van der Waals surface area contributed by atoms with Gasteiger partial charge in [-0.3, -0.25) is 8.75 Å². The van der Waals surface area contributed by atoms with Crippen LogP contribution >= 0.6 is 34.7 Å². The normalized spacial score (nSPS) is 10.8. The zero-order valence-corrected chi connectivity index (χ0v) is 12.0. The molecule has 96 valence electrons. The third-order valence-corrected chi connectivity index (χ3v) is 4.23. The maximum Gasteiger partial charge on any atom is 0.262 e. The van der Waals surface area contributed by atoms with Crippen LogP contribution in [0.5, 0.6) is 0 Å². The second kappa shape index (κ2) is 5.24. The van der Waals surface area contributed by atoms with Crippen LogP contribution < -0.4 is 5.56 Å². The van der Waals surface area contributed by atoms with E-state index in [0.29, 0.717) is 10.9 Å². The molecule has 0 aliphatic rings. The maximum atomic E-state index is 11.6. The second-order valence-electron chi connectivity index (χ2n) is 3.91. The molecule has 3 rings (SSSR count). The molecule has 2 heterocycles. The van der Waals surface area contributed by atoms with Crippen molar-refractivity contribution in [3.63, 3.8) is 0 Å². The van der Waals surface area contributed by atoms with E-state index in [0.717, 1.165) is 16.8 Å². The smallest absolute Gasteiger partial charge is 0.262 e. The van der Waals surface area contributed by atoms with Crippen molar-refractivity contribution in [1.82, 2.24) is 13.5 Å². The van der Waals surface area contributed by atoms with E-state index in [9.17, 15) is 4.79 Å². The van der Waals surface area contributed by atoms with Crippen LogP contribution in [0.25, 0.3) is 11.3 Å². The summed E-state index contributed by atoms with van der Waals surface area (Å²) in [5.74, 6) is 0. The highest BCUT2D eigenvalue weighted by Crippen LogP contribution is 2.20. The van der Waals surface area contributed by atoms with Gasteiger partial charge in [-0.25, -0.2) is 0 Å². The van der Waals surface area contributed by atoms with Gasteiger partial charge < -0.3 is 0 Å². The van der Waals surface area contributed by atoms with Gasteiger partial charge in [0.2, 0.25) is 0 Å². The molecule has 0 saturated heterocycles. The molecular formula is C12H8ClN3OS2. The lowest BCUT2D eigenvalue weighted by Crippen LogP contribution is -2.12. The zero-order chi connectivity index (χ0) is 13.2. The molecule has 19 heavy (non-hydrogen) atoms. The lowest BCUT2D eigenvalue weighted by atomic mass is 10.1. The Hall–Kier alpha value is -1.50. The molecular weight excluding hydrogens is 302 g/mol. The van der Waals surface area contributed by atoms with E-state index in [2.05, 4.69) is 9.59 Å². The van der Waals surface area contributed by atoms with E-state index in [1.165, 1.54) is 29.1 Å². The van der Waals surface area contributed by atoms with Gasteiger partial charge in [-0.15, -0.1) is 5.10 Å². The Labute approximate surface area is 122 Å². The summed E-state index contributed by atoms with van der Waals surface area (Å²) in [5, 5.41) is 5.93. The Morgan fingerprint density at radius 1 is 1.32 bits per heavy atom. The summed E-state index contributed by atoms with van der Waals surface area (Å²) in [5.41, 5.74) is 2.81. The average molecular weight is 310 g/mol. The van der Waals surface area contributed by atoms with Gasteiger partial charge in [0, 0.05) is 17.0 Å². The Morgan fingerprint density at radius 3 is 2.89 bits per heavy atom. The standard InChI is InChI=1S/C12H8ClN3OS2/c13-11-5-12(17)16(19-11)6-8-2-1-3-9(4-8)10-7-18-15-14-10/h1-5,7H,6H2. The van der Waals surface area contributed by atoms with Gasteiger partial charge in [-0.1, -0.05) is 34.3 Å². The molecule has 0 amide bonds. The maximum absolute atomic E-state index is 11.6. The Bertz CT molecular complexity index is 748. The first kappa shape index (κ1) is 12.5. The van der Waals surface area contributed by atoms with E-state index < -0.39 is 0 Å². The van der Waals surface area contributed by atoms with Gasteiger partial charge in [0.05, 0.1) is 6.54 Å². The van der Waals surface area contributed by atoms with E-state index in [1.807, 2.05) is 29.6 Å². The first-order valence-electron chi connectivity index (χ1n) is 5.45. The Balaban J connectivity index is 1.92. The summed E-state index contributed by atoms with van der Waals surface area (Å²) in [6.07, 6.45) is 0. The first-order chi connectivity index (χ1) is 9.22. The van der Waals surface area contributed by atoms with Crippen LogP contribution in [0.3, 0.4) is 0 Å². The van der Waals surface area contributed by atoms with Crippen molar-refractivity contribution in [2.24, 2.45) is 0 Å². The summed E-state index contributed by atoms with van der Waals surface area (Å²) in [6, 6.07) is 9.34. The third-order valence-electron chi connectivity index (χ3n) is 2.59. The lowest BCUT2D eigenvalue weighted by molar-refractivity contribution is 0.849. The molecule has 1 aromatic carbocycles. The summed E-state index contributed by atoms with van der Waals surface area (Å²) in [7, 11) is 0. The molecule has 2 aromatic heterocycles. The number of halogens is 1. The van der Waals surface area contributed by atoms with Gasteiger partial charge in [0.1, 0.15) is 10.0 Å². The van der Waals surface area contributed by atoms with Crippen LogP contribution in [0.15, 0.2) is 40.5 Å². The molecule has 0 atom stereocenters. The summed E-state index contributed by atoms with van der Waals surface area (Å²) in [4.78, 5) is 11.6. The quantitative estimate of drug-likeness (QED) is 0.747. The molecule has 0 aliphatic heterocycles. The van der Waals surface area contributed by atoms with Crippen molar-refractivity contribution >= 4 is 34.7 Å². The molecule has 0 N–H and O–H groups in total. The van der Waals surface area contributed by atoms with E-state index in [1.54, 1.807) is 3.96 Å². The largest absolute Gasteiger partial charge is 0.268 e. The average Bonchev–Trinajstić information content (AvgIpc) is 3.01. The van der Waals surface area contributed by atoms with Crippen molar-refractivity contribution in [2.75, 3.05) is 0 Å². The van der Waals surface area contributed by atoms with Crippen molar-refractivity contribution in [1.29, 1.82) is 0 Å². The molecule has 3 aromatic rings. The molecule has 7 heteroatoms. The molecule has 4 nitrogen and oxygen atoms in total. The molecule has 0 fully saturated rings. The van der Waals surface area contributed by atoms with Gasteiger partial charge in [-0.2, -0.15) is 0 Å². The zero-order valence-electron chi connectivity index (χ0n) is 9.62. The fourth-order valence-corrected chi connectivity index (χ4v) is 3.27. The first-order valence-corrected chi connectivity index (χ1v) is 7.44. The number of nitrogens with zero attached hydrogens (tertiary/aromatic N) is 3. The highest BCUT2D eigenvalue weighted by atomic mass is 35.5. The Kier molecular flexibility index (Phi) is 3.46. The summed E-state index contributed by atoms with van der Waals surface area (Å²) in [6.45, 7) is 0.516. The highest BCUT2D eigenvalue weighted by Gasteiger charge is 2.05. The fraction of sp³-hybridized carbons (Fsp3) is 0.0833. The predicted octanol–water partition coefficient (Wildman–Crippen LogP) is 3.13.